The van der Waals surface area contributed by atoms with Crippen LogP contribution < -0.4 is 0 Å². The van der Waals surface area contributed by atoms with Gasteiger partial charge in [-0.3, -0.25) is 0 Å². The minimum Gasteiger partial charge on any atom is -0.428 e. The van der Waals surface area contributed by atoms with Gasteiger partial charge in [-0.2, -0.15) is 0 Å². The van der Waals surface area contributed by atoms with Gasteiger partial charge in [0.2, 0.25) is 0 Å². The van der Waals surface area contributed by atoms with E-state index in [4.69, 9.17) is 4.43 Å². The molecule has 1 saturated heterocycles. The van der Waals surface area contributed by atoms with Crippen LogP contribution in [0.25, 0.3) is 0 Å². The summed E-state index contributed by atoms with van der Waals surface area (Å²) in [5, 5.41) is 0. The van der Waals surface area contributed by atoms with Gasteiger partial charge in [0.15, 0.2) is 0 Å². The first-order valence-electron chi connectivity index (χ1n) is 5.42. The van der Waals surface area contributed by atoms with Crippen LogP contribution in [0, 0.1) is 0 Å². The van der Waals surface area contributed by atoms with Crippen molar-refractivity contribution in [3.8, 4) is 0 Å². The van der Waals surface area contributed by atoms with Crippen molar-refractivity contribution < 1.29 is 4.43 Å². The molecule has 0 spiro atoms. The Kier molecular flexibility index (Phi) is 5.46. The predicted octanol–water partition coefficient (Wildman–Crippen LogP) is 0.488. The Balaban J connectivity index is 2.15. The largest absolute Gasteiger partial charge is 0.428 e. The highest BCUT2D eigenvalue weighted by Crippen LogP contribution is 2.20. The lowest BCUT2D eigenvalue weighted by atomic mass is 10.2. The lowest BCUT2D eigenvalue weighted by Crippen LogP contribution is -2.38. The Bertz CT molecular complexity index is 115. The van der Waals surface area contributed by atoms with E-state index in [0.717, 1.165) is 12.1 Å². The molecule has 4 heteroatoms. The molecule has 0 N–H and O–H groups in total. The summed E-state index contributed by atoms with van der Waals surface area (Å²) in [5.41, 5.74) is 1.16. The molecule has 0 bridgehead atoms. The first kappa shape index (κ1) is 10.7. The van der Waals surface area contributed by atoms with Crippen LogP contribution in [0.5, 0.6) is 0 Å². The van der Waals surface area contributed by atoms with Crippen molar-refractivity contribution in [2.75, 3.05) is 6.61 Å². The maximum absolute atomic E-state index is 5.59. The first-order valence-corrected chi connectivity index (χ1v) is 14.7. The fraction of sp³-hybridized carbons (Fsp3) is 1.00. The Hall–Kier alpha value is 0.611. The molecule has 1 rings (SSSR count). The summed E-state index contributed by atoms with van der Waals surface area (Å²) in [7, 11) is 0.322. The molecule has 12 heavy (non-hydrogen) atoms. The van der Waals surface area contributed by atoms with Crippen LogP contribution in [-0.4, -0.2) is 32.8 Å². The van der Waals surface area contributed by atoms with Gasteiger partial charge >= 0.3 is 0 Å². The summed E-state index contributed by atoms with van der Waals surface area (Å²) >= 11 is 0. The summed E-state index contributed by atoms with van der Waals surface area (Å²) in [6.45, 7) is 6.00. The molecule has 0 aromatic heterocycles. The standard InChI is InChI=1S/C8H22OSi3/c1-3-4-5-8(2)12-7-6-9-10-11-12/h8,12H,3-7,10-11H2,1-2H3. The summed E-state index contributed by atoms with van der Waals surface area (Å²) in [4.78, 5) is 0. The van der Waals surface area contributed by atoms with Gasteiger partial charge in [-0.05, 0) is 6.04 Å². The third-order valence-electron chi connectivity index (χ3n) is 3.08. The Morgan fingerprint density at radius 3 is 3.00 bits per heavy atom. The molecule has 1 nitrogen and oxygen atoms in total. The van der Waals surface area contributed by atoms with E-state index < -0.39 is 0 Å². The van der Waals surface area contributed by atoms with E-state index in [1.165, 1.54) is 25.3 Å². The molecule has 0 saturated carbocycles. The lowest BCUT2D eigenvalue weighted by molar-refractivity contribution is 0.366. The highest BCUT2D eigenvalue weighted by molar-refractivity contribution is 7.35. The molecule has 0 amide bonds. The molecule has 0 aromatic carbocycles. The summed E-state index contributed by atoms with van der Waals surface area (Å²) in [5.74, 6) is 0. The maximum atomic E-state index is 5.59. The van der Waals surface area contributed by atoms with Crippen molar-refractivity contribution in [2.45, 2.75) is 44.7 Å². The van der Waals surface area contributed by atoms with Crippen LogP contribution in [0.3, 0.4) is 0 Å². The van der Waals surface area contributed by atoms with Crippen LogP contribution in [0.2, 0.25) is 11.6 Å². The number of hydrogen-bond donors (Lipinski definition) is 0. The van der Waals surface area contributed by atoms with E-state index in [9.17, 15) is 0 Å². The van der Waals surface area contributed by atoms with Crippen molar-refractivity contribution in [3.63, 3.8) is 0 Å². The van der Waals surface area contributed by atoms with E-state index in [1.807, 2.05) is 0 Å². The highest BCUT2D eigenvalue weighted by Gasteiger charge is 2.21. The van der Waals surface area contributed by atoms with Gasteiger partial charge in [-0.25, -0.2) is 0 Å². The molecular weight excluding hydrogens is 196 g/mol. The van der Waals surface area contributed by atoms with Crippen LogP contribution in [0.1, 0.15) is 33.1 Å². The third-order valence-corrected chi connectivity index (χ3v) is 23.8. The SMILES string of the molecule is CCCCC(C)[SiH]1CCO[SiH2][SiH2]1. The molecule has 1 aliphatic rings. The van der Waals surface area contributed by atoms with Crippen molar-refractivity contribution in [1.82, 2.24) is 0 Å². The minimum absolute atomic E-state index is 0.0956. The smallest absolute Gasteiger partial charge is 0.140 e. The van der Waals surface area contributed by atoms with Gasteiger partial charge in [0.1, 0.15) is 9.28 Å². The summed E-state index contributed by atoms with van der Waals surface area (Å²) < 4.78 is 5.59. The minimum atomic E-state index is -0.176. The maximum Gasteiger partial charge on any atom is 0.140 e. The van der Waals surface area contributed by atoms with Crippen LogP contribution in [-0.2, 0) is 4.43 Å². The zero-order chi connectivity index (χ0) is 8.81. The quantitative estimate of drug-likeness (QED) is 0.624. The summed E-state index contributed by atoms with van der Waals surface area (Å²) in [6, 6.07) is 1.53. The van der Waals surface area contributed by atoms with Gasteiger partial charge in [0.25, 0.3) is 0 Å². The summed E-state index contributed by atoms with van der Waals surface area (Å²) in [6.07, 6.45) is 4.40. The average molecular weight is 219 g/mol. The molecule has 1 fully saturated rings. The van der Waals surface area contributed by atoms with Gasteiger partial charge < -0.3 is 4.43 Å². The number of rotatable bonds is 4. The van der Waals surface area contributed by atoms with E-state index in [1.54, 1.807) is 0 Å². The van der Waals surface area contributed by atoms with E-state index in [-0.39, 0.29) is 17.6 Å². The molecule has 0 aromatic rings. The van der Waals surface area contributed by atoms with Crippen molar-refractivity contribution in [2.24, 2.45) is 0 Å². The fourth-order valence-corrected chi connectivity index (χ4v) is 23.6. The van der Waals surface area contributed by atoms with Crippen LogP contribution in [0.4, 0.5) is 0 Å². The topological polar surface area (TPSA) is 9.23 Å². The third kappa shape index (κ3) is 3.55. The van der Waals surface area contributed by atoms with Crippen molar-refractivity contribution in [1.29, 1.82) is 0 Å². The Labute approximate surface area is 82.2 Å². The molecular formula is C8H22OSi3. The van der Waals surface area contributed by atoms with Crippen molar-refractivity contribution in [3.05, 3.63) is 0 Å². The first-order chi connectivity index (χ1) is 5.84. The van der Waals surface area contributed by atoms with Gasteiger partial charge in [-0.1, -0.05) is 38.7 Å². The molecule has 72 valence electrons. The van der Waals surface area contributed by atoms with Gasteiger partial charge in [-0.15, -0.1) is 0 Å². The highest BCUT2D eigenvalue weighted by atomic mass is 29.5. The molecule has 1 aliphatic heterocycles. The van der Waals surface area contributed by atoms with Crippen LogP contribution in [0.15, 0.2) is 0 Å². The normalized spacial score (nSPS) is 31.0. The number of unbranched alkanes of at least 4 members (excludes halogenated alkanes) is 1. The van der Waals surface area contributed by atoms with Gasteiger partial charge in [0.05, 0.1) is 0 Å². The zero-order valence-electron chi connectivity index (χ0n) is 8.51. The second-order valence-electron chi connectivity index (χ2n) is 4.07. The van der Waals surface area contributed by atoms with E-state index >= 15 is 0 Å². The zero-order valence-corrected chi connectivity index (χ0v) is 12.5. The second kappa shape index (κ2) is 6.12. The molecule has 2 atom stereocenters. The monoisotopic (exact) mass is 218 g/mol. The number of hydrogen-bond acceptors (Lipinski definition) is 1. The average Bonchev–Trinajstić information content (AvgIpc) is 2.15. The van der Waals surface area contributed by atoms with Crippen LogP contribution >= 0.6 is 0 Å². The molecule has 2 unspecified atom stereocenters. The Morgan fingerprint density at radius 1 is 1.58 bits per heavy atom. The molecule has 1 heterocycles. The van der Waals surface area contributed by atoms with E-state index in [0.29, 0.717) is 8.55 Å². The fourth-order valence-electron chi connectivity index (χ4n) is 2.05. The lowest BCUT2D eigenvalue weighted by Gasteiger charge is -2.25. The molecule has 0 aliphatic carbocycles. The Morgan fingerprint density at radius 2 is 2.42 bits per heavy atom. The predicted molar refractivity (Wildman–Crippen MR) is 63.9 cm³/mol. The van der Waals surface area contributed by atoms with Crippen molar-refractivity contribution >= 4 is 26.1 Å². The van der Waals surface area contributed by atoms with E-state index in [2.05, 4.69) is 13.8 Å². The van der Waals surface area contributed by atoms with Gasteiger partial charge in [0, 0.05) is 23.5 Å². The molecule has 0 radical (unpaired) electrons. The second-order valence-corrected chi connectivity index (χ2v) is 20.0.